The summed E-state index contributed by atoms with van der Waals surface area (Å²) in [6, 6.07) is 10.2. The van der Waals surface area contributed by atoms with Gasteiger partial charge in [0.05, 0.1) is 18.5 Å². The largest absolute Gasteiger partial charge is 0.337 e. The van der Waals surface area contributed by atoms with Crippen molar-refractivity contribution in [2.45, 2.75) is 32.5 Å². The molecule has 2 unspecified atom stereocenters. The third kappa shape index (κ3) is 3.34. The highest BCUT2D eigenvalue weighted by molar-refractivity contribution is 5.80. The first-order valence-electron chi connectivity index (χ1n) is 8.38. The highest BCUT2D eigenvalue weighted by atomic mass is 16.2. The van der Waals surface area contributed by atoms with Crippen molar-refractivity contribution in [1.82, 2.24) is 25.3 Å². The summed E-state index contributed by atoms with van der Waals surface area (Å²) in [5.74, 6) is 0.918. The SMILES string of the molecule is CC(C)N(Cc1nccn1C)C(=O)C1CNNC1c1ccccc1. The molecule has 1 saturated heterocycles. The fourth-order valence-corrected chi connectivity index (χ4v) is 3.13. The van der Waals surface area contributed by atoms with E-state index in [1.54, 1.807) is 6.20 Å². The molecule has 2 N–H and O–H groups in total. The number of imidazole rings is 1. The maximum absolute atomic E-state index is 13.2. The van der Waals surface area contributed by atoms with Gasteiger partial charge in [0.25, 0.3) is 0 Å². The fourth-order valence-electron chi connectivity index (χ4n) is 3.13. The van der Waals surface area contributed by atoms with E-state index in [1.165, 1.54) is 0 Å². The van der Waals surface area contributed by atoms with Crippen LogP contribution in [0.2, 0.25) is 0 Å². The molecule has 0 saturated carbocycles. The van der Waals surface area contributed by atoms with Gasteiger partial charge in [0, 0.05) is 32.0 Å². The zero-order chi connectivity index (χ0) is 17.1. The van der Waals surface area contributed by atoms with Crippen molar-refractivity contribution in [3.63, 3.8) is 0 Å². The second-order valence-corrected chi connectivity index (χ2v) is 6.53. The summed E-state index contributed by atoms with van der Waals surface area (Å²) >= 11 is 0. The van der Waals surface area contributed by atoms with Crippen LogP contribution in [0.25, 0.3) is 0 Å². The number of carbonyl (C=O) groups excluding carboxylic acids is 1. The number of hydrogen-bond acceptors (Lipinski definition) is 4. The smallest absolute Gasteiger partial charge is 0.229 e. The monoisotopic (exact) mass is 327 g/mol. The molecule has 0 spiro atoms. The summed E-state index contributed by atoms with van der Waals surface area (Å²) in [6.45, 7) is 5.25. The number of benzene rings is 1. The van der Waals surface area contributed by atoms with E-state index in [0.29, 0.717) is 13.1 Å². The molecule has 2 atom stereocenters. The lowest BCUT2D eigenvalue weighted by atomic mass is 9.93. The Balaban J connectivity index is 1.80. The van der Waals surface area contributed by atoms with Crippen molar-refractivity contribution >= 4 is 5.91 Å². The molecule has 1 aliphatic heterocycles. The zero-order valence-electron chi connectivity index (χ0n) is 14.4. The summed E-state index contributed by atoms with van der Waals surface area (Å²) in [6.07, 6.45) is 3.67. The first kappa shape index (κ1) is 16.7. The first-order chi connectivity index (χ1) is 11.6. The summed E-state index contributed by atoms with van der Waals surface area (Å²) in [4.78, 5) is 19.5. The molecule has 1 amide bonds. The van der Waals surface area contributed by atoms with Crippen LogP contribution in [-0.2, 0) is 18.4 Å². The molecule has 24 heavy (non-hydrogen) atoms. The molecule has 2 aromatic rings. The second kappa shape index (κ2) is 7.15. The topological polar surface area (TPSA) is 62.2 Å². The molecule has 128 valence electrons. The molecule has 0 radical (unpaired) electrons. The Hall–Kier alpha value is -2.18. The Morgan fingerprint density at radius 1 is 1.38 bits per heavy atom. The summed E-state index contributed by atoms with van der Waals surface area (Å²) in [5, 5.41) is 0. The molecule has 1 aromatic carbocycles. The van der Waals surface area contributed by atoms with Gasteiger partial charge in [-0.05, 0) is 19.4 Å². The average Bonchev–Trinajstić information content (AvgIpc) is 3.21. The van der Waals surface area contributed by atoms with Crippen molar-refractivity contribution in [3.05, 3.63) is 54.1 Å². The highest BCUT2D eigenvalue weighted by Crippen LogP contribution is 2.27. The fraction of sp³-hybridized carbons (Fsp3) is 0.444. The van der Waals surface area contributed by atoms with Crippen LogP contribution >= 0.6 is 0 Å². The molecule has 1 fully saturated rings. The van der Waals surface area contributed by atoms with Gasteiger partial charge in [-0.2, -0.15) is 0 Å². The third-order valence-corrected chi connectivity index (χ3v) is 4.60. The van der Waals surface area contributed by atoms with Crippen LogP contribution in [0.3, 0.4) is 0 Å². The molecule has 2 heterocycles. The van der Waals surface area contributed by atoms with Crippen LogP contribution in [-0.4, -0.2) is 32.9 Å². The summed E-state index contributed by atoms with van der Waals surface area (Å²) < 4.78 is 1.96. The lowest BCUT2D eigenvalue weighted by Gasteiger charge is -2.30. The minimum absolute atomic E-state index is 0.0127. The minimum atomic E-state index is -0.130. The number of nitrogens with one attached hydrogen (secondary N) is 2. The predicted octanol–water partition coefficient (Wildman–Crippen LogP) is 1.62. The molecular formula is C18H25N5O. The highest BCUT2D eigenvalue weighted by Gasteiger charge is 2.37. The Labute approximate surface area is 142 Å². The van der Waals surface area contributed by atoms with Crippen molar-refractivity contribution in [2.24, 2.45) is 13.0 Å². The van der Waals surface area contributed by atoms with E-state index in [9.17, 15) is 4.79 Å². The lowest BCUT2D eigenvalue weighted by Crippen LogP contribution is -2.43. The number of amides is 1. The van der Waals surface area contributed by atoms with Gasteiger partial charge in [-0.1, -0.05) is 30.3 Å². The summed E-state index contributed by atoms with van der Waals surface area (Å²) in [7, 11) is 1.96. The molecule has 6 nitrogen and oxygen atoms in total. The van der Waals surface area contributed by atoms with Crippen LogP contribution < -0.4 is 10.9 Å². The van der Waals surface area contributed by atoms with Gasteiger partial charge in [0.1, 0.15) is 5.82 Å². The van der Waals surface area contributed by atoms with E-state index in [-0.39, 0.29) is 23.9 Å². The van der Waals surface area contributed by atoms with Gasteiger partial charge < -0.3 is 9.47 Å². The van der Waals surface area contributed by atoms with Crippen LogP contribution in [0.15, 0.2) is 42.7 Å². The number of nitrogens with zero attached hydrogens (tertiary/aromatic N) is 3. The molecule has 0 bridgehead atoms. The van der Waals surface area contributed by atoms with Crippen LogP contribution in [0.4, 0.5) is 0 Å². The van der Waals surface area contributed by atoms with Crippen LogP contribution in [0, 0.1) is 5.92 Å². The van der Waals surface area contributed by atoms with Gasteiger partial charge in [0.15, 0.2) is 0 Å². The van der Waals surface area contributed by atoms with Gasteiger partial charge in [-0.15, -0.1) is 0 Å². The Morgan fingerprint density at radius 2 is 2.12 bits per heavy atom. The number of aryl methyl sites for hydroxylation is 1. The maximum atomic E-state index is 13.2. The molecule has 0 aliphatic carbocycles. The van der Waals surface area contributed by atoms with Crippen molar-refractivity contribution in [3.8, 4) is 0 Å². The molecule has 1 aromatic heterocycles. The van der Waals surface area contributed by atoms with Crippen molar-refractivity contribution < 1.29 is 4.79 Å². The second-order valence-electron chi connectivity index (χ2n) is 6.53. The molecular weight excluding hydrogens is 302 g/mol. The van der Waals surface area contributed by atoms with Gasteiger partial charge in [-0.25, -0.2) is 10.4 Å². The minimum Gasteiger partial charge on any atom is -0.337 e. The van der Waals surface area contributed by atoms with Crippen LogP contribution in [0.1, 0.15) is 31.3 Å². The zero-order valence-corrected chi connectivity index (χ0v) is 14.4. The number of aromatic nitrogens is 2. The third-order valence-electron chi connectivity index (χ3n) is 4.60. The molecule has 1 aliphatic rings. The average molecular weight is 327 g/mol. The predicted molar refractivity (Wildman–Crippen MR) is 92.7 cm³/mol. The quantitative estimate of drug-likeness (QED) is 0.876. The molecule has 3 rings (SSSR count). The maximum Gasteiger partial charge on any atom is 0.229 e. The van der Waals surface area contributed by atoms with E-state index >= 15 is 0 Å². The van der Waals surface area contributed by atoms with E-state index in [1.807, 2.05) is 54.8 Å². The van der Waals surface area contributed by atoms with E-state index in [2.05, 4.69) is 28.0 Å². The van der Waals surface area contributed by atoms with E-state index in [0.717, 1.165) is 11.4 Å². The van der Waals surface area contributed by atoms with Gasteiger partial charge >= 0.3 is 0 Å². The number of hydrogen-bond donors (Lipinski definition) is 2. The van der Waals surface area contributed by atoms with E-state index in [4.69, 9.17) is 0 Å². The Bertz CT molecular complexity index is 682. The van der Waals surface area contributed by atoms with Crippen LogP contribution in [0.5, 0.6) is 0 Å². The van der Waals surface area contributed by atoms with Gasteiger partial charge in [-0.3, -0.25) is 10.2 Å². The number of carbonyl (C=O) groups is 1. The lowest BCUT2D eigenvalue weighted by molar-refractivity contribution is -0.138. The summed E-state index contributed by atoms with van der Waals surface area (Å²) in [5.41, 5.74) is 7.52. The first-order valence-corrected chi connectivity index (χ1v) is 8.38. The number of rotatable bonds is 5. The van der Waals surface area contributed by atoms with Gasteiger partial charge in [0.2, 0.25) is 5.91 Å². The number of hydrazine groups is 1. The molecule has 6 heteroatoms. The standard InChI is InChI=1S/C18H25N5O/c1-13(2)23(12-16-19-9-10-22(16)3)18(24)15-11-20-21-17(15)14-7-5-4-6-8-14/h4-10,13,15,17,20-21H,11-12H2,1-3H3. The normalized spacial score (nSPS) is 20.5. The Kier molecular flexibility index (Phi) is 4.97. The van der Waals surface area contributed by atoms with Crippen molar-refractivity contribution in [1.29, 1.82) is 0 Å². The Morgan fingerprint density at radius 3 is 2.75 bits per heavy atom. The van der Waals surface area contributed by atoms with Crippen molar-refractivity contribution in [2.75, 3.05) is 6.54 Å². The van der Waals surface area contributed by atoms with E-state index < -0.39 is 0 Å².